The number of alkyl halides is 3. The summed E-state index contributed by atoms with van der Waals surface area (Å²) in [5.41, 5.74) is 1.53. The molecule has 0 unspecified atom stereocenters. The van der Waals surface area contributed by atoms with E-state index in [9.17, 15) is 22.8 Å². The molecular weight excluding hydrogens is 397 g/mol. The first kappa shape index (κ1) is 21.5. The summed E-state index contributed by atoms with van der Waals surface area (Å²) in [4.78, 5) is 28.4. The molecule has 8 heteroatoms. The van der Waals surface area contributed by atoms with Gasteiger partial charge in [-0.25, -0.2) is 0 Å². The third-order valence-corrected chi connectivity index (χ3v) is 4.69. The number of rotatable bonds is 5. The predicted octanol–water partition coefficient (Wildman–Crippen LogP) is 4.97. The molecule has 0 radical (unpaired) electrons. The van der Waals surface area contributed by atoms with Crippen molar-refractivity contribution in [1.82, 2.24) is 0 Å². The van der Waals surface area contributed by atoms with Gasteiger partial charge in [-0.1, -0.05) is 18.2 Å². The molecule has 0 saturated heterocycles. The van der Waals surface area contributed by atoms with Crippen LogP contribution in [0.2, 0.25) is 0 Å². The van der Waals surface area contributed by atoms with E-state index in [1.165, 1.54) is 13.0 Å². The maximum atomic E-state index is 13.2. The average Bonchev–Trinajstić information content (AvgIpc) is 2.83. The number of ether oxygens (including phenoxy) is 1. The third-order valence-electron chi connectivity index (χ3n) is 4.69. The Bertz CT molecular complexity index is 1010. The van der Waals surface area contributed by atoms with Crippen LogP contribution in [0, 0.1) is 6.92 Å². The summed E-state index contributed by atoms with van der Waals surface area (Å²) < 4.78 is 44.5. The Kier molecular flexibility index (Phi) is 6.24. The highest BCUT2D eigenvalue weighted by Gasteiger charge is 2.34. The first-order valence-corrected chi connectivity index (χ1v) is 9.51. The van der Waals surface area contributed by atoms with Gasteiger partial charge < -0.3 is 10.1 Å². The molecule has 0 saturated carbocycles. The minimum absolute atomic E-state index is 0.0312. The lowest BCUT2D eigenvalue weighted by molar-refractivity contribution is -0.143. The molecule has 3 rings (SSSR count). The van der Waals surface area contributed by atoms with E-state index in [-0.39, 0.29) is 35.7 Å². The summed E-state index contributed by atoms with van der Waals surface area (Å²) in [6, 6.07) is 9.50. The molecule has 5 nitrogen and oxygen atoms in total. The molecule has 1 aliphatic rings. The molecule has 1 N–H and O–H groups in total. The molecular formula is C22H21F3N2O3. The van der Waals surface area contributed by atoms with Crippen molar-refractivity contribution in [1.29, 1.82) is 0 Å². The molecule has 30 heavy (non-hydrogen) atoms. The number of fused-ring (bicyclic) bond motifs is 1. The number of hydrogen-bond acceptors (Lipinski definition) is 4. The minimum atomic E-state index is -4.52. The van der Waals surface area contributed by atoms with Crippen molar-refractivity contribution in [2.75, 3.05) is 11.9 Å². The zero-order chi connectivity index (χ0) is 21.9. The van der Waals surface area contributed by atoms with Gasteiger partial charge in [-0.2, -0.15) is 13.2 Å². The van der Waals surface area contributed by atoms with Gasteiger partial charge in [0.05, 0.1) is 35.7 Å². The van der Waals surface area contributed by atoms with Gasteiger partial charge in [0.25, 0.3) is 0 Å². The normalized spacial score (nSPS) is 13.8. The fourth-order valence-electron chi connectivity index (χ4n) is 3.27. The number of nitrogens with one attached hydrogen (secondary N) is 1. The highest BCUT2D eigenvalue weighted by atomic mass is 19.4. The zero-order valence-electron chi connectivity index (χ0n) is 16.6. The van der Waals surface area contributed by atoms with Crippen LogP contribution in [0.1, 0.15) is 42.0 Å². The molecule has 1 amide bonds. The molecule has 2 aromatic rings. The van der Waals surface area contributed by atoms with Crippen molar-refractivity contribution in [2.45, 2.75) is 39.3 Å². The van der Waals surface area contributed by atoms with E-state index in [1.54, 1.807) is 19.1 Å². The van der Waals surface area contributed by atoms with Gasteiger partial charge in [0, 0.05) is 6.42 Å². The number of halogens is 3. The van der Waals surface area contributed by atoms with Crippen molar-refractivity contribution >= 4 is 29.0 Å². The van der Waals surface area contributed by atoms with Crippen molar-refractivity contribution in [3.63, 3.8) is 0 Å². The molecule has 0 aromatic heterocycles. The van der Waals surface area contributed by atoms with Crippen LogP contribution < -0.4 is 5.32 Å². The number of anilines is 1. The van der Waals surface area contributed by atoms with Crippen LogP contribution in [0.3, 0.4) is 0 Å². The van der Waals surface area contributed by atoms with Crippen LogP contribution in [0.4, 0.5) is 24.5 Å². The maximum absolute atomic E-state index is 13.2. The Hall–Kier alpha value is -3.16. The Morgan fingerprint density at radius 2 is 2.00 bits per heavy atom. The molecule has 0 fully saturated rings. The first-order valence-electron chi connectivity index (χ1n) is 9.51. The van der Waals surface area contributed by atoms with Crippen molar-refractivity contribution in [3.05, 3.63) is 58.7 Å². The van der Waals surface area contributed by atoms with Gasteiger partial charge in [-0.3, -0.25) is 14.6 Å². The van der Waals surface area contributed by atoms with Crippen LogP contribution in [0.15, 0.2) is 41.4 Å². The Balaban J connectivity index is 1.93. The molecule has 0 atom stereocenters. The van der Waals surface area contributed by atoms with E-state index < -0.39 is 17.6 Å². The van der Waals surface area contributed by atoms with Crippen molar-refractivity contribution in [3.8, 4) is 0 Å². The number of esters is 1. The average molecular weight is 418 g/mol. The molecule has 2 aromatic carbocycles. The van der Waals surface area contributed by atoms with Gasteiger partial charge in [0.1, 0.15) is 0 Å². The molecule has 0 spiro atoms. The summed E-state index contributed by atoms with van der Waals surface area (Å²) in [6.45, 7) is 3.42. The van der Waals surface area contributed by atoms with E-state index in [0.29, 0.717) is 24.3 Å². The largest absolute Gasteiger partial charge is 0.466 e. The van der Waals surface area contributed by atoms with Gasteiger partial charge in [0.2, 0.25) is 5.91 Å². The van der Waals surface area contributed by atoms with E-state index >= 15 is 0 Å². The zero-order valence-corrected chi connectivity index (χ0v) is 16.6. The Labute approximate surface area is 172 Å². The number of aryl methyl sites for hydroxylation is 2. The molecule has 1 heterocycles. The van der Waals surface area contributed by atoms with Crippen LogP contribution in [-0.4, -0.2) is 24.2 Å². The molecule has 1 aliphatic heterocycles. The van der Waals surface area contributed by atoms with E-state index in [2.05, 4.69) is 10.3 Å². The topological polar surface area (TPSA) is 67.8 Å². The van der Waals surface area contributed by atoms with Gasteiger partial charge in [-0.15, -0.1) is 0 Å². The second-order valence-corrected chi connectivity index (χ2v) is 6.97. The lowest BCUT2D eigenvalue weighted by Crippen LogP contribution is -2.16. The summed E-state index contributed by atoms with van der Waals surface area (Å²) in [7, 11) is 0. The maximum Gasteiger partial charge on any atom is 0.416 e. The summed E-state index contributed by atoms with van der Waals surface area (Å²) >= 11 is 0. The lowest BCUT2D eigenvalue weighted by Gasteiger charge is -2.13. The van der Waals surface area contributed by atoms with E-state index in [1.807, 2.05) is 12.1 Å². The smallest absolute Gasteiger partial charge is 0.416 e. The van der Waals surface area contributed by atoms with Crippen molar-refractivity contribution in [2.24, 2.45) is 4.99 Å². The summed E-state index contributed by atoms with van der Waals surface area (Å²) in [5, 5.41) is 2.52. The molecule has 0 aliphatic carbocycles. The monoisotopic (exact) mass is 418 g/mol. The standard InChI is InChI=1S/C22H21F3N2O3/c1-3-30-21(29)8-7-14-5-4-6-15(10-14)17-12-20(28)27-19-11-16(22(23,24)25)13(2)9-18(19)26-17/h4-6,9-11H,3,7-8,12H2,1-2H3,(H,27,28). The number of carbonyl (C=O) groups excluding carboxylic acids is 2. The summed E-state index contributed by atoms with van der Waals surface area (Å²) in [6.07, 6.45) is -3.89. The van der Waals surface area contributed by atoms with Crippen LogP contribution in [0.25, 0.3) is 0 Å². The first-order chi connectivity index (χ1) is 14.2. The van der Waals surface area contributed by atoms with E-state index in [0.717, 1.165) is 11.6 Å². The SMILES string of the molecule is CCOC(=O)CCc1cccc(C2=Nc3cc(C)c(C(F)(F)F)cc3NC(=O)C2)c1. The quantitative estimate of drug-likeness (QED) is 0.697. The highest BCUT2D eigenvalue weighted by Crippen LogP contribution is 2.39. The Morgan fingerprint density at radius 3 is 2.70 bits per heavy atom. The minimum Gasteiger partial charge on any atom is -0.466 e. The predicted molar refractivity (Wildman–Crippen MR) is 107 cm³/mol. The van der Waals surface area contributed by atoms with Gasteiger partial charge >= 0.3 is 12.1 Å². The van der Waals surface area contributed by atoms with Crippen LogP contribution in [-0.2, 0) is 26.9 Å². The van der Waals surface area contributed by atoms with Crippen LogP contribution in [0.5, 0.6) is 0 Å². The van der Waals surface area contributed by atoms with Crippen LogP contribution >= 0.6 is 0 Å². The number of aliphatic imine (C=N–C) groups is 1. The van der Waals surface area contributed by atoms with E-state index in [4.69, 9.17) is 4.74 Å². The Morgan fingerprint density at radius 1 is 1.23 bits per heavy atom. The summed E-state index contributed by atoms with van der Waals surface area (Å²) in [5.74, 6) is -0.736. The number of hydrogen-bond donors (Lipinski definition) is 1. The molecule has 0 bridgehead atoms. The fraction of sp³-hybridized carbons (Fsp3) is 0.318. The second-order valence-electron chi connectivity index (χ2n) is 6.97. The van der Waals surface area contributed by atoms with Gasteiger partial charge in [-0.05, 0) is 55.2 Å². The third kappa shape index (κ3) is 5.06. The number of amides is 1. The second kappa shape index (κ2) is 8.69. The lowest BCUT2D eigenvalue weighted by atomic mass is 10.0. The fourth-order valence-corrected chi connectivity index (χ4v) is 3.27. The number of carbonyl (C=O) groups is 2. The number of benzene rings is 2. The molecule has 158 valence electrons. The number of nitrogens with zero attached hydrogens (tertiary/aromatic N) is 1. The van der Waals surface area contributed by atoms with Crippen molar-refractivity contribution < 1.29 is 27.5 Å². The highest BCUT2D eigenvalue weighted by molar-refractivity contribution is 6.17. The van der Waals surface area contributed by atoms with Gasteiger partial charge in [0.15, 0.2) is 0 Å².